The molecular weight excluding hydrogens is 200 g/mol. The molecule has 6 N–H and O–H groups in total. The maximum absolute atomic E-state index is 10.1. The Labute approximate surface area is 89.3 Å². The van der Waals surface area contributed by atoms with E-state index in [4.69, 9.17) is 21.7 Å². The molecule has 0 heterocycles. The van der Waals surface area contributed by atoms with Crippen molar-refractivity contribution in [2.45, 2.75) is 39.3 Å². The van der Waals surface area contributed by atoms with E-state index in [1.807, 2.05) is 13.8 Å². The zero-order chi connectivity index (χ0) is 12.6. The molecule has 0 saturated heterocycles. The fourth-order valence-electron chi connectivity index (χ4n) is 0.609. The third-order valence-corrected chi connectivity index (χ3v) is 1.43. The molecule has 0 amide bonds. The van der Waals surface area contributed by atoms with Crippen LogP contribution in [-0.4, -0.2) is 34.2 Å². The summed E-state index contributed by atoms with van der Waals surface area (Å²) in [6.45, 7) is 5.31. The lowest BCUT2D eigenvalue weighted by atomic mass is 10.1. The summed E-state index contributed by atoms with van der Waals surface area (Å²) in [5.74, 6) is -1.52. The quantitative estimate of drug-likeness (QED) is 0.522. The van der Waals surface area contributed by atoms with Crippen LogP contribution in [0, 0.1) is 5.92 Å². The van der Waals surface area contributed by atoms with Crippen LogP contribution in [0.2, 0.25) is 0 Å². The molecule has 0 aliphatic carbocycles. The van der Waals surface area contributed by atoms with Crippen molar-refractivity contribution in [1.82, 2.24) is 0 Å². The number of carbonyl (C=O) groups is 2. The second kappa shape index (κ2) is 8.19. The number of aliphatic carboxylic acids is 2. The molecule has 0 aliphatic rings. The molecule has 0 aromatic carbocycles. The number of nitrogens with two attached hydrogens (primary N) is 2. The Kier molecular flexibility index (Phi) is 8.90. The van der Waals surface area contributed by atoms with Gasteiger partial charge in [0, 0.05) is 0 Å². The molecule has 6 heteroatoms. The molecule has 0 fully saturated rings. The zero-order valence-electron chi connectivity index (χ0n) is 9.30. The molecular formula is C9H20N2O4. The molecule has 0 spiro atoms. The fraction of sp³-hybridized carbons (Fsp3) is 0.778. The smallest absolute Gasteiger partial charge is 0.320 e. The van der Waals surface area contributed by atoms with Crippen LogP contribution in [0.25, 0.3) is 0 Å². The lowest BCUT2D eigenvalue weighted by Crippen LogP contribution is -2.31. The van der Waals surface area contributed by atoms with Crippen molar-refractivity contribution >= 4 is 11.9 Å². The summed E-state index contributed by atoms with van der Waals surface area (Å²) in [4.78, 5) is 19.7. The van der Waals surface area contributed by atoms with Gasteiger partial charge in [0.25, 0.3) is 0 Å². The molecule has 90 valence electrons. The second-order valence-corrected chi connectivity index (χ2v) is 3.70. The maximum atomic E-state index is 10.1. The van der Waals surface area contributed by atoms with Crippen molar-refractivity contribution < 1.29 is 19.8 Å². The van der Waals surface area contributed by atoms with Crippen molar-refractivity contribution in [2.75, 3.05) is 0 Å². The Morgan fingerprint density at radius 2 is 1.40 bits per heavy atom. The highest BCUT2D eigenvalue weighted by Crippen LogP contribution is 2.01. The Balaban J connectivity index is 0. The average molecular weight is 220 g/mol. The van der Waals surface area contributed by atoms with Crippen LogP contribution in [0.4, 0.5) is 0 Å². The summed E-state index contributed by atoms with van der Waals surface area (Å²) in [5, 5.41) is 16.2. The van der Waals surface area contributed by atoms with Gasteiger partial charge < -0.3 is 21.7 Å². The van der Waals surface area contributed by atoms with E-state index in [1.165, 1.54) is 6.92 Å². The molecule has 15 heavy (non-hydrogen) atoms. The van der Waals surface area contributed by atoms with E-state index in [0.29, 0.717) is 12.3 Å². The molecule has 0 saturated carbocycles. The number of carboxylic acids is 2. The van der Waals surface area contributed by atoms with Crippen LogP contribution in [0.5, 0.6) is 0 Å². The summed E-state index contributed by atoms with van der Waals surface area (Å²) < 4.78 is 0. The van der Waals surface area contributed by atoms with Crippen LogP contribution < -0.4 is 11.5 Å². The summed E-state index contributed by atoms with van der Waals surface area (Å²) in [6, 6.07) is -1.42. The minimum absolute atomic E-state index is 0.357. The molecule has 2 unspecified atom stereocenters. The SMILES string of the molecule is CC(C)CC(N)C(=O)O.CC(N)C(=O)O. The second-order valence-electron chi connectivity index (χ2n) is 3.70. The van der Waals surface area contributed by atoms with E-state index in [1.54, 1.807) is 0 Å². The monoisotopic (exact) mass is 220 g/mol. The minimum Gasteiger partial charge on any atom is -0.480 e. The van der Waals surface area contributed by atoms with Crippen LogP contribution in [0.3, 0.4) is 0 Å². The van der Waals surface area contributed by atoms with E-state index in [-0.39, 0.29) is 0 Å². The van der Waals surface area contributed by atoms with E-state index >= 15 is 0 Å². The normalized spacial score (nSPS) is 13.7. The van der Waals surface area contributed by atoms with E-state index in [0.717, 1.165) is 0 Å². The molecule has 0 bridgehead atoms. The summed E-state index contributed by atoms with van der Waals surface area (Å²) in [6.07, 6.45) is 0.551. The van der Waals surface area contributed by atoms with Crippen LogP contribution in [-0.2, 0) is 9.59 Å². The largest absolute Gasteiger partial charge is 0.480 e. The van der Waals surface area contributed by atoms with Gasteiger partial charge in [-0.3, -0.25) is 9.59 Å². The van der Waals surface area contributed by atoms with Crippen molar-refractivity contribution in [1.29, 1.82) is 0 Å². The molecule has 0 rings (SSSR count). The van der Waals surface area contributed by atoms with Crippen LogP contribution in [0.1, 0.15) is 27.2 Å². The Morgan fingerprint density at radius 3 is 1.47 bits per heavy atom. The molecule has 0 aromatic rings. The predicted octanol–water partition coefficient (Wildman–Crippen LogP) is -0.137. The van der Waals surface area contributed by atoms with Gasteiger partial charge in [0.1, 0.15) is 12.1 Å². The van der Waals surface area contributed by atoms with Crippen molar-refractivity contribution in [3.8, 4) is 0 Å². The van der Waals surface area contributed by atoms with E-state index in [2.05, 4.69) is 0 Å². The van der Waals surface area contributed by atoms with Crippen molar-refractivity contribution in [3.05, 3.63) is 0 Å². The van der Waals surface area contributed by atoms with Crippen molar-refractivity contribution in [2.24, 2.45) is 17.4 Å². The lowest BCUT2D eigenvalue weighted by Gasteiger charge is -2.07. The van der Waals surface area contributed by atoms with Crippen molar-refractivity contribution in [3.63, 3.8) is 0 Å². The number of hydrogen-bond donors (Lipinski definition) is 4. The van der Waals surface area contributed by atoms with E-state index in [9.17, 15) is 9.59 Å². The van der Waals surface area contributed by atoms with Gasteiger partial charge in [-0.05, 0) is 19.3 Å². The zero-order valence-corrected chi connectivity index (χ0v) is 9.30. The summed E-state index contributed by atoms with van der Waals surface area (Å²) >= 11 is 0. The Hall–Kier alpha value is -1.14. The topological polar surface area (TPSA) is 127 Å². The standard InChI is InChI=1S/C6H13NO2.C3H7NO2/c1-4(2)3-5(7)6(8)9;1-2(4)3(5)6/h4-5H,3,7H2,1-2H3,(H,8,9);2H,4H2,1H3,(H,5,6). The predicted molar refractivity (Wildman–Crippen MR) is 56.4 cm³/mol. The highest BCUT2D eigenvalue weighted by molar-refractivity contribution is 5.73. The third-order valence-electron chi connectivity index (χ3n) is 1.43. The number of carboxylic acid groups (broad SMARTS) is 2. The van der Waals surface area contributed by atoms with Crippen LogP contribution in [0.15, 0.2) is 0 Å². The van der Waals surface area contributed by atoms with Gasteiger partial charge in [0.2, 0.25) is 0 Å². The van der Waals surface area contributed by atoms with Gasteiger partial charge in [0.15, 0.2) is 0 Å². The molecule has 6 nitrogen and oxygen atoms in total. The molecule has 2 atom stereocenters. The van der Waals surface area contributed by atoms with Gasteiger partial charge in [-0.2, -0.15) is 0 Å². The first-order valence-electron chi connectivity index (χ1n) is 4.65. The van der Waals surface area contributed by atoms with E-state index < -0.39 is 24.0 Å². The molecule has 0 aromatic heterocycles. The van der Waals surface area contributed by atoms with Gasteiger partial charge >= 0.3 is 11.9 Å². The Bertz CT molecular complexity index is 204. The molecule has 0 radical (unpaired) electrons. The third kappa shape index (κ3) is 12.9. The minimum atomic E-state index is -0.963. The van der Waals surface area contributed by atoms with Gasteiger partial charge in [0.05, 0.1) is 0 Å². The average Bonchev–Trinajstić information content (AvgIpc) is 2.03. The summed E-state index contributed by atoms with van der Waals surface area (Å²) in [7, 11) is 0. The number of hydrogen-bond acceptors (Lipinski definition) is 4. The van der Waals surface area contributed by atoms with Gasteiger partial charge in [-0.25, -0.2) is 0 Å². The lowest BCUT2D eigenvalue weighted by molar-refractivity contribution is -0.139. The van der Waals surface area contributed by atoms with Gasteiger partial charge in [-0.1, -0.05) is 13.8 Å². The maximum Gasteiger partial charge on any atom is 0.320 e. The highest BCUT2D eigenvalue weighted by atomic mass is 16.4. The van der Waals surface area contributed by atoms with Crippen LogP contribution >= 0.6 is 0 Å². The number of rotatable bonds is 4. The van der Waals surface area contributed by atoms with Gasteiger partial charge in [-0.15, -0.1) is 0 Å². The first-order chi connectivity index (χ1) is 6.68. The first kappa shape index (κ1) is 16.3. The fourth-order valence-corrected chi connectivity index (χ4v) is 0.609. The summed E-state index contributed by atoms with van der Waals surface area (Å²) in [5.41, 5.74) is 10.1. The highest BCUT2D eigenvalue weighted by Gasteiger charge is 2.11. The first-order valence-corrected chi connectivity index (χ1v) is 4.65. The molecule has 0 aliphatic heterocycles. The Morgan fingerprint density at radius 1 is 1.07 bits per heavy atom.